The number of aliphatic hydroxyl groups excluding tert-OH is 1. The summed E-state index contributed by atoms with van der Waals surface area (Å²) in [6.45, 7) is 3.53. The molecule has 2 aliphatic rings. The number of carbonyl (C=O) groups is 1. The number of aromatic amines is 1. The van der Waals surface area contributed by atoms with Gasteiger partial charge in [-0.3, -0.25) is 9.69 Å². The highest BCUT2D eigenvalue weighted by Crippen LogP contribution is 2.45. The number of fused-ring (bicyclic) bond motifs is 5. The maximum atomic E-state index is 12.2. The monoisotopic (exact) mass is 370 g/mol. The van der Waals surface area contributed by atoms with Gasteiger partial charge >= 0.3 is 5.97 Å². The molecule has 0 aliphatic carbocycles. The van der Waals surface area contributed by atoms with E-state index in [9.17, 15) is 15.0 Å². The molecule has 0 saturated carbocycles. The molecule has 27 heavy (non-hydrogen) atoms. The fourth-order valence-electron chi connectivity index (χ4n) is 4.86. The van der Waals surface area contributed by atoms with Gasteiger partial charge in [0.15, 0.2) is 0 Å². The summed E-state index contributed by atoms with van der Waals surface area (Å²) in [6, 6.07) is 5.62. The fraction of sp³-hybridized carbons (Fsp3) is 0.476. The second kappa shape index (κ2) is 7.02. The normalized spacial score (nSPS) is 25.2. The number of hydrogen-bond donors (Lipinski definition) is 3. The zero-order chi connectivity index (χ0) is 19.1. The van der Waals surface area contributed by atoms with Crippen LogP contribution >= 0.6 is 0 Å². The van der Waals surface area contributed by atoms with Crippen molar-refractivity contribution < 1.29 is 19.7 Å². The van der Waals surface area contributed by atoms with E-state index in [0.29, 0.717) is 0 Å². The molecule has 3 unspecified atom stereocenters. The number of benzene rings is 1. The summed E-state index contributed by atoms with van der Waals surface area (Å²) in [6.07, 6.45) is 3.79. The van der Waals surface area contributed by atoms with Crippen LogP contribution in [0.25, 0.3) is 10.9 Å². The molecule has 6 heteroatoms. The Bertz CT molecular complexity index is 901. The Kier molecular flexibility index (Phi) is 4.70. The molecule has 1 fully saturated rings. The van der Waals surface area contributed by atoms with Gasteiger partial charge in [-0.2, -0.15) is 0 Å². The van der Waals surface area contributed by atoms with Crippen LogP contribution in [0.4, 0.5) is 0 Å². The summed E-state index contributed by atoms with van der Waals surface area (Å²) in [7, 11) is 1.37. The van der Waals surface area contributed by atoms with Gasteiger partial charge < -0.3 is 19.9 Å². The summed E-state index contributed by atoms with van der Waals surface area (Å²) >= 11 is 0. The molecule has 4 rings (SSSR count). The average molecular weight is 370 g/mol. The quantitative estimate of drug-likeness (QED) is 0.571. The molecule has 1 aromatic carbocycles. The number of esters is 1. The minimum atomic E-state index is -0.540. The maximum Gasteiger partial charge on any atom is 0.311 e. The standard InChI is InChI=1S/C21H26N2O4/c1-3-12-10-23-7-6-15-14-5-4-13(25)8-18(14)22-20(15)19(23)9-16(12)17(11-24)21(26)27-2/h3-5,8,16-17,19,22,24-25H,6-7,9-11H2,1-2H3. The van der Waals surface area contributed by atoms with Crippen LogP contribution in [0.2, 0.25) is 0 Å². The van der Waals surface area contributed by atoms with Gasteiger partial charge in [0.25, 0.3) is 0 Å². The van der Waals surface area contributed by atoms with Crippen molar-refractivity contribution in [3.8, 4) is 5.75 Å². The Balaban J connectivity index is 1.74. The zero-order valence-electron chi connectivity index (χ0n) is 15.7. The number of hydrogen-bond acceptors (Lipinski definition) is 5. The first kappa shape index (κ1) is 18.1. The van der Waals surface area contributed by atoms with Crippen molar-refractivity contribution in [2.75, 3.05) is 26.8 Å². The maximum absolute atomic E-state index is 12.2. The van der Waals surface area contributed by atoms with E-state index in [2.05, 4.69) is 16.0 Å². The summed E-state index contributed by atoms with van der Waals surface area (Å²) in [4.78, 5) is 18.2. The number of allylic oxidation sites excluding steroid dienone is 1. The van der Waals surface area contributed by atoms with Crippen LogP contribution in [0.1, 0.15) is 30.6 Å². The fourth-order valence-corrected chi connectivity index (χ4v) is 4.86. The first-order valence-corrected chi connectivity index (χ1v) is 9.48. The molecule has 3 N–H and O–H groups in total. The lowest BCUT2D eigenvalue weighted by molar-refractivity contribution is -0.149. The molecule has 0 spiro atoms. The number of methoxy groups -OCH3 is 1. The summed E-state index contributed by atoms with van der Waals surface area (Å²) in [5.41, 5.74) is 4.60. The number of carbonyl (C=O) groups excluding carboxylic acids is 1. The number of nitrogens with zero attached hydrogens (tertiary/aromatic N) is 1. The highest BCUT2D eigenvalue weighted by atomic mass is 16.5. The topological polar surface area (TPSA) is 85.8 Å². The first-order valence-electron chi connectivity index (χ1n) is 9.48. The number of ether oxygens (including phenoxy) is 1. The molecular formula is C21H26N2O4. The van der Waals surface area contributed by atoms with Gasteiger partial charge in [0, 0.05) is 35.8 Å². The van der Waals surface area contributed by atoms with Gasteiger partial charge in [0.05, 0.1) is 25.7 Å². The van der Waals surface area contributed by atoms with Crippen molar-refractivity contribution in [2.45, 2.75) is 25.8 Å². The van der Waals surface area contributed by atoms with Gasteiger partial charge in [0.1, 0.15) is 5.75 Å². The molecule has 0 amide bonds. The molecule has 144 valence electrons. The molecule has 2 aliphatic heterocycles. The second-order valence-corrected chi connectivity index (χ2v) is 7.50. The largest absolute Gasteiger partial charge is 0.508 e. The van der Waals surface area contributed by atoms with Gasteiger partial charge in [-0.05, 0) is 43.4 Å². The molecule has 0 bridgehead atoms. The third kappa shape index (κ3) is 2.93. The number of aromatic hydroxyl groups is 1. The van der Waals surface area contributed by atoms with Crippen molar-refractivity contribution >= 4 is 16.9 Å². The highest BCUT2D eigenvalue weighted by Gasteiger charge is 2.42. The van der Waals surface area contributed by atoms with Crippen LogP contribution in [0.3, 0.4) is 0 Å². The summed E-state index contributed by atoms with van der Waals surface area (Å²) in [5, 5.41) is 20.8. The van der Waals surface area contributed by atoms with Crippen molar-refractivity contribution in [1.82, 2.24) is 9.88 Å². The minimum Gasteiger partial charge on any atom is -0.508 e. The third-order valence-electron chi connectivity index (χ3n) is 6.24. The smallest absolute Gasteiger partial charge is 0.311 e. The van der Waals surface area contributed by atoms with E-state index in [1.807, 2.05) is 13.0 Å². The van der Waals surface area contributed by atoms with E-state index in [4.69, 9.17) is 4.74 Å². The molecule has 6 nitrogen and oxygen atoms in total. The third-order valence-corrected chi connectivity index (χ3v) is 6.24. The van der Waals surface area contributed by atoms with Crippen LogP contribution in [-0.2, 0) is 16.0 Å². The number of aromatic nitrogens is 1. The lowest BCUT2D eigenvalue weighted by Crippen LogP contribution is -2.45. The van der Waals surface area contributed by atoms with Gasteiger partial charge in [-0.15, -0.1) is 0 Å². The minimum absolute atomic E-state index is 0.0422. The van der Waals surface area contributed by atoms with Crippen LogP contribution in [0, 0.1) is 11.8 Å². The number of aliphatic hydroxyl groups is 1. The summed E-state index contributed by atoms with van der Waals surface area (Å²) < 4.78 is 4.94. The Morgan fingerprint density at radius 3 is 3.00 bits per heavy atom. The van der Waals surface area contributed by atoms with Crippen LogP contribution < -0.4 is 0 Å². The van der Waals surface area contributed by atoms with Crippen molar-refractivity contribution in [3.63, 3.8) is 0 Å². The molecule has 1 aromatic heterocycles. The Hall–Kier alpha value is -2.31. The lowest BCUT2D eigenvalue weighted by Gasteiger charge is -2.45. The predicted molar refractivity (Wildman–Crippen MR) is 102 cm³/mol. The number of phenols is 1. The molecule has 1 saturated heterocycles. The predicted octanol–water partition coefficient (Wildman–Crippen LogP) is 2.52. The van der Waals surface area contributed by atoms with Crippen LogP contribution in [-0.4, -0.2) is 52.9 Å². The SMILES string of the molecule is CC=C1CN2CCc3c([nH]c4cc(O)ccc34)C2CC1C(CO)C(=O)OC. The zero-order valence-corrected chi connectivity index (χ0v) is 15.7. The van der Waals surface area contributed by atoms with E-state index in [0.717, 1.165) is 36.8 Å². The van der Waals surface area contributed by atoms with E-state index >= 15 is 0 Å². The molecule has 2 aromatic rings. The molecule has 0 radical (unpaired) electrons. The lowest BCUT2D eigenvalue weighted by atomic mass is 9.75. The van der Waals surface area contributed by atoms with Crippen molar-refractivity contribution in [1.29, 1.82) is 0 Å². The molecule has 3 heterocycles. The average Bonchev–Trinajstić information content (AvgIpc) is 3.05. The number of piperidine rings is 1. The van der Waals surface area contributed by atoms with E-state index in [1.165, 1.54) is 23.9 Å². The van der Waals surface area contributed by atoms with E-state index in [-0.39, 0.29) is 30.3 Å². The Labute approximate surface area is 158 Å². The van der Waals surface area contributed by atoms with Crippen molar-refractivity contribution in [3.05, 3.63) is 41.1 Å². The van der Waals surface area contributed by atoms with Crippen LogP contribution in [0.15, 0.2) is 29.8 Å². The molecular weight excluding hydrogens is 344 g/mol. The van der Waals surface area contributed by atoms with E-state index < -0.39 is 5.92 Å². The van der Waals surface area contributed by atoms with Crippen LogP contribution in [0.5, 0.6) is 5.75 Å². The van der Waals surface area contributed by atoms with Gasteiger partial charge in [-0.25, -0.2) is 0 Å². The van der Waals surface area contributed by atoms with Gasteiger partial charge in [-0.1, -0.05) is 11.6 Å². The van der Waals surface area contributed by atoms with E-state index in [1.54, 1.807) is 12.1 Å². The number of nitrogens with one attached hydrogen (secondary N) is 1. The van der Waals surface area contributed by atoms with Gasteiger partial charge in [0.2, 0.25) is 0 Å². The Morgan fingerprint density at radius 1 is 1.48 bits per heavy atom. The number of H-pyrrole nitrogens is 1. The number of phenolic OH excluding ortho intramolecular Hbond substituents is 1. The Morgan fingerprint density at radius 2 is 2.30 bits per heavy atom. The first-order chi connectivity index (χ1) is 13.1. The second-order valence-electron chi connectivity index (χ2n) is 7.50. The molecule has 3 atom stereocenters. The van der Waals surface area contributed by atoms with Crippen molar-refractivity contribution in [2.24, 2.45) is 11.8 Å². The summed E-state index contributed by atoms with van der Waals surface area (Å²) in [5.74, 6) is -0.684. The number of rotatable bonds is 3. The highest BCUT2D eigenvalue weighted by molar-refractivity contribution is 5.86.